The second kappa shape index (κ2) is 16.6. The van der Waals surface area contributed by atoms with E-state index in [1.807, 2.05) is 56.9 Å². The lowest BCUT2D eigenvalue weighted by atomic mass is 9.75. The third-order valence-corrected chi connectivity index (χ3v) is 10.1. The number of imide groups is 1. The summed E-state index contributed by atoms with van der Waals surface area (Å²) in [5.74, 6) is -3.28. The number of benzene rings is 1. The number of allylic oxidation sites excluding steroid dienone is 8. The van der Waals surface area contributed by atoms with Crippen LogP contribution in [0.1, 0.15) is 59.4 Å². The zero-order valence-corrected chi connectivity index (χ0v) is 31.9. The highest BCUT2D eigenvalue weighted by Gasteiger charge is 2.41. The molecule has 1 aromatic carbocycles. The van der Waals surface area contributed by atoms with E-state index < -0.39 is 64.1 Å². The molecule has 3 aliphatic heterocycles. The van der Waals surface area contributed by atoms with E-state index in [-0.39, 0.29) is 24.8 Å². The molecule has 0 atom stereocenters. The summed E-state index contributed by atoms with van der Waals surface area (Å²) in [5.41, 5.74) is 3.57. The molecule has 1 aromatic rings. The number of rotatable bonds is 14. The van der Waals surface area contributed by atoms with Gasteiger partial charge >= 0.3 is 13.1 Å². The summed E-state index contributed by atoms with van der Waals surface area (Å²) in [6.45, 7) is 13.1. The zero-order valence-electron chi connectivity index (χ0n) is 31.1. The molecule has 0 bridgehead atoms. The van der Waals surface area contributed by atoms with Gasteiger partial charge in [0.15, 0.2) is 6.61 Å². The van der Waals surface area contributed by atoms with Crippen LogP contribution in [0.4, 0.5) is 5.69 Å². The molecule has 0 spiro atoms. The Morgan fingerprint density at radius 3 is 2.35 bits per heavy atom. The number of hydrogen-bond donors (Lipinski definition) is 3. The molecule has 0 aliphatic carbocycles. The summed E-state index contributed by atoms with van der Waals surface area (Å²) in [4.78, 5) is 65.4. The zero-order chi connectivity index (χ0) is 40.2. The lowest BCUT2D eigenvalue weighted by Gasteiger charge is -2.27. The van der Waals surface area contributed by atoms with Crippen molar-refractivity contribution in [2.45, 2.75) is 59.3 Å². The van der Waals surface area contributed by atoms with E-state index in [1.54, 1.807) is 43.4 Å². The van der Waals surface area contributed by atoms with E-state index in [2.05, 4.69) is 11.6 Å². The molecule has 1 saturated heterocycles. The van der Waals surface area contributed by atoms with Crippen molar-refractivity contribution < 1.29 is 51.9 Å². The van der Waals surface area contributed by atoms with Gasteiger partial charge in [-0.15, -0.1) is 5.06 Å². The van der Waals surface area contributed by atoms with Crippen LogP contribution in [-0.4, -0.2) is 95.6 Å². The van der Waals surface area contributed by atoms with Crippen molar-refractivity contribution in [1.82, 2.24) is 10.1 Å². The monoisotopic (exact) mass is 764 g/mol. The molecule has 0 saturated carbocycles. The molecule has 3 aliphatic rings. The first-order valence-corrected chi connectivity index (χ1v) is 18.7. The van der Waals surface area contributed by atoms with Gasteiger partial charge in [0, 0.05) is 54.2 Å². The van der Waals surface area contributed by atoms with Crippen LogP contribution in [0, 0.1) is 5.41 Å². The number of fused-ring (bicyclic) bond motifs is 1. The first-order valence-electron chi connectivity index (χ1n) is 17.1. The molecule has 288 valence electrons. The number of hydrogen-bond acceptors (Lipinski definition) is 12. The second-order valence-electron chi connectivity index (χ2n) is 13.9. The first-order chi connectivity index (χ1) is 25.2. The standard InChI is InChI=1S/C37H45BN4O11S/c1-8-25(35(46)40(7)52-23-34(45)53-42-32(43)17-18-33(42)44)21-27-24(2)39-30(36(27,3)4)13-10-9-11-14-31-37(5,6)28-22-26(38(47)48)15-16-29(28)41(31)19-12-20-54(49,50)51/h8-11,13-16,21-22,47-48H,2,12,17-20,23H2,1,3-7H3,(H,49,50,51)/b11-9+,13-10+,25-8+,27-21+,31-14+. The highest BCUT2D eigenvalue weighted by atomic mass is 32.2. The van der Waals surface area contributed by atoms with Gasteiger partial charge in [0.25, 0.3) is 27.8 Å². The number of anilines is 1. The Morgan fingerprint density at radius 2 is 1.74 bits per heavy atom. The summed E-state index contributed by atoms with van der Waals surface area (Å²) in [6, 6.07) is 5.08. The van der Waals surface area contributed by atoms with Gasteiger partial charge in [-0.1, -0.05) is 70.7 Å². The summed E-state index contributed by atoms with van der Waals surface area (Å²) in [7, 11) is -4.50. The molecule has 3 amide bonds. The number of hydroxylamine groups is 4. The van der Waals surface area contributed by atoms with Gasteiger partial charge < -0.3 is 19.8 Å². The Morgan fingerprint density at radius 1 is 1.07 bits per heavy atom. The van der Waals surface area contributed by atoms with Gasteiger partial charge in [0.05, 0.1) is 17.2 Å². The topological polar surface area (TPSA) is 204 Å². The maximum Gasteiger partial charge on any atom is 0.488 e. The van der Waals surface area contributed by atoms with Crippen molar-refractivity contribution in [2.24, 2.45) is 10.4 Å². The van der Waals surface area contributed by atoms with Gasteiger partial charge in [-0.3, -0.25) is 28.8 Å². The highest BCUT2D eigenvalue weighted by Crippen LogP contribution is 2.47. The fraction of sp³-hybridized carbons (Fsp3) is 0.378. The fourth-order valence-electron chi connectivity index (χ4n) is 6.31. The second-order valence-corrected chi connectivity index (χ2v) is 15.4. The quantitative estimate of drug-likeness (QED) is 0.0625. The van der Waals surface area contributed by atoms with Crippen molar-refractivity contribution >= 4 is 57.8 Å². The van der Waals surface area contributed by atoms with E-state index in [0.717, 1.165) is 22.0 Å². The largest absolute Gasteiger partial charge is 0.488 e. The predicted octanol–water partition coefficient (Wildman–Crippen LogP) is 2.60. The average molecular weight is 765 g/mol. The minimum Gasteiger partial charge on any atom is -0.423 e. The average Bonchev–Trinajstić information content (AvgIpc) is 3.60. The van der Waals surface area contributed by atoms with E-state index in [9.17, 15) is 42.2 Å². The molecule has 54 heavy (non-hydrogen) atoms. The summed E-state index contributed by atoms with van der Waals surface area (Å²) >= 11 is 0. The van der Waals surface area contributed by atoms with E-state index in [4.69, 9.17) is 9.68 Å². The van der Waals surface area contributed by atoms with E-state index in [1.165, 1.54) is 7.05 Å². The third-order valence-electron chi connectivity index (χ3n) is 9.33. The number of carbonyl (C=O) groups is 4. The Balaban J connectivity index is 1.46. The minimum atomic E-state index is -4.15. The van der Waals surface area contributed by atoms with Gasteiger partial charge in [0.1, 0.15) is 0 Å². The lowest BCUT2D eigenvalue weighted by Crippen LogP contribution is -2.36. The van der Waals surface area contributed by atoms with Crippen LogP contribution in [0.25, 0.3) is 0 Å². The molecule has 0 aromatic heterocycles. The summed E-state index contributed by atoms with van der Waals surface area (Å²) < 4.78 is 32.1. The normalized spacial score (nSPS) is 19.8. The Labute approximate surface area is 315 Å². The van der Waals surface area contributed by atoms with Crippen LogP contribution in [0.3, 0.4) is 0 Å². The highest BCUT2D eigenvalue weighted by molar-refractivity contribution is 7.85. The number of carbonyl (C=O) groups excluding carboxylic acids is 4. The van der Waals surface area contributed by atoms with Crippen LogP contribution in [0.15, 0.2) is 94.8 Å². The van der Waals surface area contributed by atoms with E-state index in [0.29, 0.717) is 34.1 Å². The molecule has 0 radical (unpaired) electrons. The number of amides is 3. The molecule has 0 unspecified atom stereocenters. The number of likely N-dealkylation sites (N-methyl/N-ethyl adjacent to an activating group) is 1. The molecular formula is C37H45BN4O11S. The van der Waals surface area contributed by atoms with Crippen molar-refractivity contribution in [2.75, 3.05) is 30.9 Å². The van der Waals surface area contributed by atoms with Crippen molar-refractivity contribution in [3.63, 3.8) is 0 Å². The third kappa shape index (κ3) is 9.40. The first kappa shape index (κ1) is 41.8. The van der Waals surface area contributed by atoms with Crippen molar-refractivity contribution in [3.8, 4) is 0 Å². The molecule has 3 N–H and O–H groups in total. The molecular weight excluding hydrogens is 719 g/mol. The molecule has 15 nitrogen and oxygen atoms in total. The van der Waals surface area contributed by atoms with Crippen LogP contribution in [0.2, 0.25) is 0 Å². The minimum absolute atomic E-state index is 0.0529. The number of nitrogens with zero attached hydrogens (tertiary/aromatic N) is 4. The molecule has 4 rings (SSSR count). The molecule has 1 fully saturated rings. The summed E-state index contributed by atoms with van der Waals surface area (Å²) in [5, 5.41) is 20.8. The maximum atomic E-state index is 13.2. The fourth-order valence-corrected chi connectivity index (χ4v) is 6.80. The molecule has 17 heteroatoms. The van der Waals surface area contributed by atoms with Crippen molar-refractivity contribution in [3.05, 3.63) is 95.4 Å². The van der Waals surface area contributed by atoms with E-state index >= 15 is 0 Å². The Hall–Kier alpha value is -4.94. The van der Waals surface area contributed by atoms with Gasteiger partial charge in [-0.2, -0.15) is 8.42 Å². The predicted molar refractivity (Wildman–Crippen MR) is 202 cm³/mol. The Kier molecular flexibility index (Phi) is 12.9. The maximum absolute atomic E-state index is 13.2. The lowest BCUT2D eigenvalue weighted by molar-refractivity contribution is -0.211. The van der Waals surface area contributed by atoms with Crippen LogP contribution in [-0.2, 0) is 44.4 Å². The summed E-state index contributed by atoms with van der Waals surface area (Å²) in [6.07, 6.45) is 12.4. The van der Waals surface area contributed by atoms with Gasteiger partial charge in [0.2, 0.25) is 0 Å². The Bertz CT molecular complexity index is 2010. The molecule has 3 heterocycles. The van der Waals surface area contributed by atoms with Crippen LogP contribution < -0.4 is 10.4 Å². The van der Waals surface area contributed by atoms with Crippen LogP contribution in [0.5, 0.6) is 0 Å². The van der Waals surface area contributed by atoms with Crippen molar-refractivity contribution in [1.29, 1.82) is 0 Å². The number of aliphatic imine (C=N–C) groups is 1. The SMILES string of the molecule is C=C1N=C(/C=C/C=C/C=C2/N(CCCS(=O)(=O)O)c3ccc(B(O)O)cc3C2(C)C)C(C)(C)/C1=C/C(=C\C)C(=O)N(C)OCC(=O)ON1C(=O)CCC1=O. The smallest absolute Gasteiger partial charge is 0.423 e. The van der Waals surface area contributed by atoms with Crippen LogP contribution >= 0.6 is 0 Å². The van der Waals surface area contributed by atoms with Gasteiger partial charge in [-0.05, 0) is 54.2 Å². The van der Waals surface area contributed by atoms with Gasteiger partial charge in [-0.25, -0.2) is 9.86 Å².